The number of halogens is 1. The molecule has 1 atom stereocenters. The van der Waals surface area contributed by atoms with Crippen LogP contribution in [0.2, 0.25) is 5.02 Å². The molecule has 2 aromatic heterocycles. The van der Waals surface area contributed by atoms with Crippen molar-refractivity contribution in [2.24, 2.45) is 5.92 Å². The fraction of sp³-hybridized carbons (Fsp3) is 0.385. The second kappa shape index (κ2) is 11.5. The van der Waals surface area contributed by atoms with Gasteiger partial charge in [0.1, 0.15) is 5.82 Å². The minimum Gasteiger partial charge on any atom is -0.351 e. The number of aryl methyl sites for hydroxylation is 1. The van der Waals surface area contributed by atoms with Crippen LogP contribution in [0.1, 0.15) is 35.4 Å². The number of pyridine rings is 1. The molecule has 4 rings (SSSR count). The lowest BCUT2D eigenvalue weighted by atomic mass is 9.97. The zero-order valence-electron chi connectivity index (χ0n) is 20.1. The Morgan fingerprint density at radius 1 is 1.14 bits per heavy atom. The topological polar surface area (TPSA) is 92.2 Å². The molecule has 1 saturated heterocycles. The Morgan fingerprint density at radius 2 is 1.94 bits per heavy atom. The molecule has 3 aromatic rings. The largest absolute Gasteiger partial charge is 0.351 e. The van der Waals surface area contributed by atoms with E-state index in [1.165, 1.54) is 11.8 Å². The van der Waals surface area contributed by atoms with Crippen molar-refractivity contribution < 1.29 is 9.59 Å². The highest BCUT2D eigenvalue weighted by atomic mass is 35.5. The lowest BCUT2D eigenvalue weighted by Crippen LogP contribution is -2.45. The Hall–Kier alpha value is -3.23. The predicted octanol–water partition coefficient (Wildman–Crippen LogP) is 3.56. The Labute approximate surface area is 210 Å². The van der Waals surface area contributed by atoms with Gasteiger partial charge in [0, 0.05) is 30.5 Å². The first-order valence-electron chi connectivity index (χ1n) is 11.9. The van der Waals surface area contributed by atoms with Gasteiger partial charge in [0.15, 0.2) is 0 Å². The van der Waals surface area contributed by atoms with E-state index in [0.717, 1.165) is 36.3 Å². The standard InChI is InChI=1S/C26H31ClN6O2/c1-18-23(19(2)33(31-18)15-20-7-4-3-5-8-20)14-29-25(34)17-32-12-6-9-21(16-32)26(35)30-24-11-10-22(27)13-28-24/h3-5,7-8,10-11,13,21H,6,9,12,14-17H2,1-2H3,(H,29,34)(H,28,30,35). The summed E-state index contributed by atoms with van der Waals surface area (Å²) in [4.78, 5) is 31.5. The first-order chi connectivity index (χ1) is 16.9. The smallest absolute Gasteiger partial charge is 0.234 e. The van der Waals surface area contributed by atoms with Crippen LogP contribution in [0.25, 0.3) is 0 Å². The van der Waals surface area contributed by atoms with Crippen molar-refractivity contribution in [1.82, 2.24) is 25.0 Å². The van der Waals surface area contributed by atoms with E-state index in [9.17, 15) is 9.59 Å². The molecule has 8 nitrogen and oxygen atoms in total. The summed E-state index contributed by atoms with van der Waals surface area (Å²) in [5.41, 5.74) is 4.20. The average molecular weight is 495 g/mol. The first kappa shape index (κ1) is 24.9. The number of amides is 2. The van der Waals surface area contributed by atoms with E-state index in [2.05, 4.69) is 32.8 Å². The molecule has 1 aliphatic heterocycles. The van der Waals surface area contributed by atoms with Crippen molar-refractivity contribution >= 4 is 29.2 Å². The number of hydrogen-bond acceptors (Lipinski definition) is 5. The van der Waals surface area contributed by atoms with E-state index < -0.39 is 0 Å². The van der Waals surface area contributed by atoms with Gasteiger partial charge in [0.25, 0.3) is 0 Å². The Balaban J connectivity index is 1.27. The monoisotopic (exact) mass is 494 g/mol. The molecule has 0 bridgehead atoms. The molecule has 1 fully saturated rings. The molecule has 1 unspecified atom stereocenters. The highest BCUT2D eigenvalue weighted by Gasteiger charge is 2.27. The van der Waals surface area contributed by atoms with Crippen molar-refractivity contribution in [3.63, 3.8) is 0 Å². The van der Waals surface area contributed by atoms with Crippen molar-refractivity contribution in [2.75, 3.05) is 25.0 Å². The van der Waals surface area contributed by atoms with E-state index in [0.29, 0.717) is 30.5 Å². The van der Waals surface area contributed by atoms with Crippen molar-refractivity contribution in [1.29, 1.82) is 0 Å². The summed E-state index contributed by atoms with van der Waals surface area (Å²) in [6, 6.07) is 13.6. The number of nitrogens with one attached hydrogen (secondary N) is 2. The van der Waals surface area contributed by atoms with Crippen LogP contribution in [0, 0.1) is 19.8 Å². The van der Waals surface area contributed by atoms with E-state index >= 15 is 0 Å². The summed E-state index contributed by atoms with van der Waals surface area (Å²) in [7, 11) is 0. The number of hydrogen-bond donors (Lipinski definition) is 2. The SMILES string of the molecule is Cc1nn(Cc2ccccc2)c(C)c1CNC(=O)CN1CCCC(C(=O)Nc2ccc(Cl)cn2)C1. The molecule has 1 aromatic carbocycles. The number of rotatable bonds is 8. The molecule has 0 aliphatic carbocycles. The number of aromatic nitrogens is 3. The highest BCUT2D eigenvalue weighted by molar-refractivity contribution is 6.30. The van der Waals surface area contributed by atoms with E-state index in [4.69, 9.17) is 11.6 Å². The van der Waals surface area contributed by atoms with Gasteiger partial charge in [-0.2, -0.15) is 5.10 Å². The summed E-state index contributed by atoms with van der Waals surface area (Å²) in [6.45, 7) is 6.74. The summed E-state index contributed by atoms with van der Waals surface area (Å²) < 4.78 is 1.98. The minimum absolute atomic E-state index is 0.0555. The number of carbonyl (C=O) groups is 2. The zero-order chi connectivity index (χ0) is 24.8. The number of piperidine rings is 1. The van der Waals surface area contributed by atoms with Crippen LogP contribution in [0.5, 0.6) is 0 Å². The quantitative estimate of drug-likeness (QED) is 0.499. The molecule has 2 amide bonds. The second-order valence-corrected chi connectivity index (χ2v) is 9.43. The maximum absolute atomic E-state index is 12.7. The van der Waals surface area contributed by atoms with Crippen molar-refractivity contribution in [2.45, 2.75) is 39.8 Å². The number of carbonyl (C=O) groups excluding carboxylic acids is 2. The third-order valence-corrected chi connectivity index (χ3v) is 6.61. The van der Waals surface area contributed by atoms with Gasteiger partial charge in [-0.05, 0) is 50.9 Å². The molecular formula is C26H31ClN6O2. The first-order valence-corrected chi connectivity index (χ1v) is 12.2. The van der Waals surface area contributed by atoms with Gasteiger partial charge in [-0.1, -0.05) is 41.9 Å². The third-order valence-electron chi connectivity index (χ3n) is 6.39. The second-order valence-electron chi connectivity index (χ2n) is 8.99. The van der Waals surface area contributed by atoms with Gasteiger partial charge in [-0.3, -0.25) is 19.2 Å². The molecule has 1 aliphatic rings. The third kappa shape index (κ3) is 6.68. The fourth-order valence-electron chi connectivity index (χ4n) is 4.44. The van der Waals surface area contributed by atoms with Gasteiger partial charge in [0.2, 0.25) is 11.8 Å². The number of nitrogens with zero attached hydrogens (tertiary/aromatic N) is 4. The minimum atomic E-state index is -0.185. The summed E-state index contributed by atoms with van der Waals surface area (Å²) in [5.74, 6) is 0.157. The molecule has 184 valence electrons. The van der Waals surface area contributed by atoms with Crippen LogP contribution in [-0.2, 0) is 22.7 Å². The van der Waals surface area contributed by atoms with Crippen LogP contribution in [0.4, 0.5) is 5.82 Å². The lowest BCUT2D eigenvalue weighted by Gasteiger charge is -2.31. The molecule has 3 heterocycles. The lowest BCUT2D eigenvalue weighted by molar-refractivity contribution is -0.125. The summed E-state index contributed by atoms with van der Waals surface area (Å²) in [5, 5.41) is 11.1. The van der Waals surface area contributed by atoms with Gasteiger partial charge >= 0.3 is 0 Å². The van der Waals surface area contributed by atoms with E-state index in [1.807, 2.05) is 41.6 Å². The average Bonchev–Trinajstić information content (AvgIpc) is 3.12. The van der Waals surface area contributed by atoms with E-state index in [-0.39, 0.29) is 24.3 Å². The number of benzene rings is 1. The predicted molar refractivity (Wildman–Crippen MR) is 136 cm³/mol. The number of likely N-dealkylation sites (tertiary alicyclic amines) is 1. The maximum atomic E-state index is 12.7. The zero-order valence-corrected chi connectivity index (χ0v) is 20.9. The molecule has 0 radical (unpaired) electrons. The maximum Gasteiger partial charge on any atom is 0.234 e. The van der Waals surface area contributed by atoms with Crippen LogP contribution < -0.4 is 10.6 Å². The summed E-state index contributed by atoms with van der Waals surface area (Å²) >= 11 is 5.86. The van der Waals surface area contributed by atoms with Gasteiger partial charge in [-0.15, -0.1) is 0 Å². The van der Waals surface area contributed by atoms with Crippen molar-refractivity contribution in [3.8, 4) is 0 Å². The Kier molecular flexibility index (Phi) is 8.15. The highest BCUT2D eigenvalue weighted by Crippen LogP contribution is 2.19. The molecule has 9 heteroatoms. The van der Waals surface area contributed by atoms with E-state index in [1.54, 1.807) is 12.1 Å². The normalized spacial score (nSPS) is 16.1. The molecule has 0 spiro atoms. The van der Waals surface area contributed by atoms with Crippen LogP contribution in [0.3, 0.4) is 0 Å². The van der Waals surface area contributed by atoms with Crippen LogP contribution in [-0.4, -0.2) is 51.1 Å². The van der Waals surface area contributed by atoms with Gasteiger partial charge < -0.3 is 10.6 Å². The number of anilines is 1. The molecule has 35 heavy (non-hydrogen) atoms. The van der Waals surface area contributed by atoms with Crippen LogP contribution >= 0.6 is 11.6 Å². The van der Waals surface area contributed by atoms with Crippen molar-refractivity contribution in [3.05, 3.63) is 76.2 Å². The molecular weight excluding hydrogens is 464 g/mol. The Morgan fingerprint density at radius 3 is 2.69 bits per heavy atom. The molecule has 0 saturated carbocycles. The molecule has 2 N–H and O–H groups in total. The fourth-order valence-corrected chi connectivity index (χ4v) is 4.55. The Bertz CT molecular complexity index is 1160. The van der Waals surface area contributed by atoms with Gasteiger partial charge in [-0.25, -0.2) is 4.98 Å². The van der Waals surface area contributed by atoms with Gasteiger partial charge in [0.05, 0.1) is 29.7 Å². The summed E-state index contributed by atoms with van der Waals surface area (Å²) in [6.07, 6.45) is 3.16. The van der Waals surface area contributed by atoms with Crippen LogP contribution in [0.15, 0.2) is 48.7 Å².